The highest BCUT2D eigenvalue weighted by atomic mass is 35.5. The topological polar surface area (TPSA) is 83.5 Å². The number of halogens is 1. The predicted molar refractivity (Wildman–Crippen MR) is 106 cm³/mol. The number of likely N-dealkylation sites (N-methyl/N-ethyl adjacent to an activating group) is 1. The Balaban J connectivity index is 2.06. The van der Waals surface area contributed by atoms with Gasteiger partial charge in [-0.25, -0.2) is 0 Å². The number of Topliss-reactive ketones (excluding diaryl/α,β-unsaturated/α-hetero) is 2. The van der Waals surface area contributed by atoms with Crippen LogP contribution in [-0.2, 0) is 4.79 Å². The Labute approximate surface area is 163 Å². The van der Waals surface area contributed by atoms with Crippen LogP contribution >= 0.6 is 11.6 Å². The number of benzene rings is 1. The van der Waals surface area contributed by atoms with Gasteiger partial charge >= 0.3 is 0 Å². The summed E-state index contributed by atoms with van der Waals surface area (Å²) in [6.45, 7) is 6.94. The third kappa shape index (κ3) is 4.84. The second kappa shape index (κ2) is 8.50. The molecule has 0 spiro atoms. The lowest BCUT2D eigenvalue weighted by atomic mass is 10.0. The van der Waals surface area contributed by atoms with E-state index < -0.39 is 6.04 Å². The molecule has 0 aliphatic rings. The molecular weight excluding hydrogens is 366 g/mol. The molecule has 1 unspecified atom stereocenters. The fraction of sp³-hybridized carbons (Fsp3) is 0.350. The number of nitrogens with one attached hydrogen (secondary N) is 3. The van der Waals surface area contributed by atoms with Crippen LogP contribution in [0.15, 0.2) is 24.3 Å². The molecule has 7 heteroatoms. The van der Waals surface area contributed by atoms with Gasteiger partial charge in [-0.2, -0.15) is 0 Å². The first-order valence-electron chi connectivity index (χ1n) is 8.73. The molecule has 1 aromatic heterocycles. The van der Waals surface area contributed by atoms with Crippen LogP contribution in [0.5, 0.6) is 0 Å². The lowest BCUT2D eigenvalue weighted by Crippen LogP contribution is -3.14. The molecule has 2 atom stereocenters. The molecule has 0 saturated heterocycles. The number of aromatic amines is 1. The molecule has 2 rings (SSSR count). The smallest absolute Gasteiger partial charge is 0.279 e. The summed E-state index contributed by atoms with van der Waals surface area (Å²) in [6.07, 6.45) is 0. The zero-order valence-electron chi connectivity index (χ0n) is 16.2. The number of aromatic nitrogens is 1. The monoisotopic (exact) mass is 390 g/mol. The van der Waals surface area contributed by atoms with E-state index in [1.54, 1.807) is 52.1 Å². The summed E-state index contributed by atoms with van der Waals surface area (Å²) >= 11 is 5.83. The molecule has 0 radical (unpaired) electrons. The zero-order valence-corrected chi connectivity index (χ0v) is 17.0. The second-order valence-corrected chi connectivity index (χ2v) is 7.28. The number of hydrogen-bond donors (Lipinski definition) is 3. The maximum absolute atomic E-state index is 12.9. The highest BCUT2D eigenvalue weighted by Crippen LogP contribution is 2.19. The minimum atomic E-state index is -0.447. The molecule has 1 aromatic carbocycles. The Morgan fingerprint density at radius 2 is 1.78 bits per heavy atom. The molecule has 0 aliphatic carbocycles. The minimum absolute atomic E-state index is 0.0732. The number of amides is 1. The predicted octanol–water partition coefficient (Wildman–Crippen LogP) is 2.21. The lowest BCUT2D eigenvalue weighted by molar-refractivity contribution is -0.885. The van der Waals surface area contributed by atoms with Gasteiger partial charge in [-0.3, -0.25) is 14.4 Å². The van der Waals surface area contributed by atoms with E-state index in [0.717, 1.165) is 4.90 Å². The Kier molecular flexibility index (Phi) is 6.57. The molecule has 2 aromatic rings. The van der Waals surface area contributed by atoms with Crippen molar-refractivity contribution in [2.75, 3.05) is 18.9 Å². The summed E-state index contributed by atoms with van der Waals surface area (Å²) in [5.74, 6) is -0.394. The Morgan fingerprint density at radius 1 is 1.19 bits per heavy atom. The molecular formula is C20H25ClN3O3+. The maximum atomic E-state index is 12.9. The molecule has 3 N–H and O–H groups in total. The van der Waals surface area contributed by atoms with Gasteiger partial charge in [-0.05, 0) is 57.5 Å². The van der Waals surface area contributed by atoms with Gasteiger partial charge in [0, 0.05) is 22.0 Å². The summed E-state index contributed by atoms with van der Waals surface area (Å²) in [6, 6.07) is 6.39. The third-order valence-corrected chi connectivity index (χ3v) is 4.99. The number of hydrogen-bond acceptors (Lipinski definition) is 3. The standard InChI is InChI=1S/C20H24ClN3O3/c1-11-18(14(4)25)12(2)22-19(11)20(27)13(3)24(5)10-17(26)23-16-8-6-15(21)7-9-16/h6-9,13,22H,10H2,1-5H3,(H,23,26)/p+1/t13-/m1/s1. The van der Waals surface area contributed by atoms with Crippen molar-refractivity contribution in [3.63, 3.8) is 0 Å². The van der Waals surface area contributed by atoms with Crippen LogP contribution in [0.4, 0.5) is 5.69 Å². The summed E-state index contributed by atoms with van der Waals surface area (Å²) in [4.78, 5) is 40.7. The van der Waals surface area contributed by atoms with Crippen LogP contribution in [0.2, 0.25) is 5.02 Å². The molecule has 0 bridgehead atoms. The summed E-state index contributed by atoms with van der Waals surface area (Å²) < 4.78 is 0. The lowest BCUT2D eigenvalue weighted by Gasteiger charge is -2.20. The van der Waals surface area contributed by atoms with E-state index in [9.17, 15) is 14.4 Å². The average molecular weight is 391 g/mol. The van der Waals surface area contributed by atoms with Crippen molar-refractivity contribution in [1.29, 1.82) is 0 Å². The van der Waals surface area contributed by atoms with Crippen molar-refractivity contribution in [3.05, 3.63) is 51.8 Å². The highest BCUT2D eigenvalue weighted by Gasteiger charge is 2.29. The van der Waals surface area contributed by atoms with E-state index in [0.29, 0.717) is 33.2 Å². The van der Waals surface area contributed by atoms with Crippen molar-refractivity contribution >= 4 is 34.8 Å². The number of carbonyl (C=O) groups excluding carboxylic acids is 3. The number of rotatable bonds is 7. The Bertz CT molecular complexity index is 871. The second-order valence-electron chi connectivity index (χ2n) is 6.85. The van der Waals surface area contributed by atoms with Crippen LogP contribution in [0.3, 0.4) is 0 Å². The first-order chi connectivity index (χ1) is 12.6. The number of carbonyl (C=O) groups is 3. The molecule has 27 heavy (non-hydrogen) atoms. The fourth-order valence-electron chi connectivity index (χ4n) is 3.11. The van der Waals surface area contributed by atoms with Gasteiger partial charge in [0.2, 0.25) is 5.78 Å². The van der Waals surface area contributed by atoms with Crippen LogP contribution in [0.25, 0.3) is 0 Å². The van der Waals surface area contributed by atoms with Gasteiger partial charge in [-0.15, -0.1) is 0 Å². The van der Waals surface area contributed by atoms with E-state index in [4.69, 9.17) is 11.6 Å². The van der Waals surface area contributed by atoms with Gasteiger partial charge in [0.15, 0.2) is 18.4 Å². The van der Waals surface area contributed by atoms with Crippen molar-refractivity contribution in [1.82, 2.24) is 4.98 Å². The van der Waals surface area contributed by atoms with Crippen LogP contribution < -0.4 is 10.2 Å². The van der Waals surface area contributed by atoms with E-state index in [-0.39, 0.29) is 24.0 Å². The third-order valence-electron chi connectivity index (χ3n) is 4.74. The summed E-state index contributed by atoms with van der Waals surface area (Å²) in [7, 11) is 1.79. The van der Waals surface area contributed by atoms with E-state index in [1.807, 2.05) is 0 Å². The van der Waals surface area contributed by atoms with E-state index in [1.165, 1.54) is 6.92 Å². The first-order valence-corrected chi connectivity index (χ1v) is 9.11. The zero-order chi connectivity index (χ0) is 20.3. The molecule has 1 heterocycles. The van der Waals surface area contributed by atoms with Gasteiger partial charge < -0.3 is 15.2 Å². The van der Waals surface area contributed by atoms with Crippen molar-refractivity contribution in [3.8, 4) is 0 Å². The van der Waals surface area contributed by atoms with Crippen molar-refractivity contribution in [2.45, 2.75) is 33.7 Å². The Morgan fingerprint density at radius 3 is 2.30 bits per heavy atom. The van der Waals surface area contributed by atoms with Gasteiger partial charge in [0.05, 0.1) is 12.7 Å². The van der Waals surface area contributed by atoms with Crippen molar-refractivity contribution < 1.29 is 19.3 Å². The van der Waals surface area contributed by atoms with E-state index >= 15 is 0 Å². The largest absolute Gasteiger partial charge is 0.355 e. The molecule has 0 aliphatic heterocycles. The molecule has 0 saturated carbocycles. The minimum Gasteiger partial charge on any atom is -0.355 e. The van der Waals surface area contributed by atoms with Crippen molar-refractivity contribution in [2.24, 2.45) is 0 Å². The number of aryl methyl sites for hydroxylation is 1. The van der Waals surface area contributed by atoms with Gasteiger partial charge in [-0.1, -0.05) is 11.6 Å². The van der Waals surface area contributed by atoms with Gasteiger partial charge in [0.25, 0.3) is 5.91 Å². The van der Waals surface area contributed by atoms with Crippen LogP contribution in [-0.4, -0.2) is 42.1 Å². The summed E-state index contributed by atoms with van der Waals surface area (Å²) in [5, 5.41) is 3.38. The number of quaternary nitrogens is 1. The summed E-state index contributed by atoms with van der Waals surface area (Å²) in [5.41, 5.74) is 2.99. The SMILES string of the molecule is CC(=O)c1c(C)[nH]c(C(=O)[C@@H](C)[NH+](C)CC(=O)Nc2ccc(Cl)cc2)c1C. The number of ketones is 2. The molecule has 0 fully saturated rings. The Hall–Kier alpha value is -2.44. The molecule has 6 nitrogen and oxygen atoms in total. The molecule has 1 amide bonds. The quantitative estimate of drug-likeness (QED) is 0.634. The van der Waals surface area contributed by atoms with Crippen LogP contribution in [0.1, 0.15) is 46.0 Å². The molecule has 144 valence electrons. The van der Waals surface area contributed by atoms with E-state index in [2.05, 4.69) is 10.3 Å². The number of H-pyrrole nitrogens is 1. The van der Waals surface area contributed by atoms with Gasteiger partial charge in [0.1, 0.15) is 0 Å². The normalized spacial score (nSPS) is 13.1. The average Bonchev–Trinajstić information content (AvgIpc) is 2.90. The first kappa shape index (κ1) is 20.9. The van der Waals surface area contributed by atoms with Crippen LogP contribution in [0, 0.1) is 13.8 Å². The fourth-order valence-corrected chi connectivity index (χ4v) is 3.24. The maximum Gasteiger partial charge on any atom is 0.279 e. The highest BCUT2D eigenvalue weighted by molar-refractivity contribution is 6.30. The number of anilines is 1.